The Balaban J connectivity index is 3.13. The molecular formula is C15H30O. The van der Waals surface area contributed by atoms with Gasteiger partial charge in [0, 0.05) is 0 Å². The molecule has 1 nitrogen and oxygen atoms in total. The first-order valence-electron chi connectivity index (χ1n) is 6.76. The van der Waals surface area contributed by atoms with Crippen molar-refractivity contribution in [3.8, 4) is 0 Å². The molecule has 0 aromatic heterocycles. The quantitative estimate of drug-likeness (QED) is 0.446. The minimum atomic E-state index is -0.291. The third kappa shape index (κ3) is 11.8. The van der Waals surface area contributed by atoms with E-state index in [2.05, 4.69) is 27.4 Å². The molecule has 0 amide bonds. The van der Waals surface area contributed by atoms with Gasteiger partial charge in [0.05, 0.1) is 6.10 Å². The summed E-state index contributed by atoms with van der Waals surface area (Å²) in [6.07, 6.45) is 11.3. The number of hydrogen-bond donors (Lipinski definition) is 1. The van der Waals surface area contributed by atoms with Crippen LogP contribution in [0.2, 0.25) is 0 Å². The van der Waals surface area contributed by atoms with Crippen LogP contribution in [0.3, 0.4) is 0 Å². The zero-order chi connectivity index (χ0) is 12.4. The molecule has 0 heterocycles. The van der Waals surface area contributed by atoms with Crippen molar-refractivity contribution in [2.45, 2.75) is 78.2 Å². The summed E-state index contributed by atoms with van der Waals surface area (Å²) in [6, 6.07) is 0. The highest BCUT2D eigenvalue weighted by atomic mass is 16.3. The van der Waals surface area contributed by atoms with Crippen molar-refractivity contribution in [2.75, 3.05) is 0 Å². The number of aliphatic hydroxyl groups excluding tert-OH is 1. The Bertz CT molecular complexity index is 167. The highest BCUT2D eigenvalue weighted by Crippen LogP contribution is 2.22. The van der Waals surface area contributed by atoms with Crippen molar-refractivity contribution < 1.29 is 5.11 Å². The number of rotatable bonds is 9. The van der Waals surface area contributed by atoms with E-state index in [4.69, 9.17) is 0 Å². The van der Waals surface area contributed by atoms with E-state index in [1.54, 1.807) is 6.08 Å². The van der Waals surface area contributed by atoms with Crippen molar-refractivity contribution >= 4 is 0 Å². The molecule has 0 aliphatic rings. The Labute approximate surface area is 102 Å². The highest BCUT2D eigenvalue weighted by Gasteiger charge is 2.08. The molecule has 0 saturated heterocycles. The molecule has 16 heavy (non-hydrogen) atoms. The Kier molecular flexibility index (Phi) is 8.64. The van der Waals surface area contributed by atoms with Gasteiger partial charge in [-0.1, -0.05) is 65.4 Å². The summed E-state index contributed by atoms with van der Waals surface area (Å²) in [5.74, 6) is 0. The van der Waals surface area contributed by atoms with Crippen LogP contribution in [-0.4, -0.2) is 11.2 Å². The highest BCUT2D eigenvalue weighted by molar-refractivity contribution is 4.77. The van der Waals surface area contributed by atoms with Crippen molar-refractivity contribution in [3.63, 3.8) is 0 Å². The minimum absolute atomic E-state index is 0.291. The van der Waals surface area contributed by atoms with Crippen LogP contribution in [-0.2, 0) is 0 Å². The van der Waals surface area contributed by atoms with Gasteiger partial charge in [-0.15, -0.1) is 6.58 Å². The fourth-order valence-electron chi connectivity index (χ4n) is 1.83. The fourth-order valence-corrected chi connectivity index (χ4v) is 1.83. The Morgan fingerprint density at radius 2 is 1.50 bits per heavy atom. The largest absolute Gasteiger partial charge is 0.389 e. The lowest BCUT2D eigenvalue weighted by Crippen LogP contribution is -2.03. The van der Waals surface area contributed by atoms with E-state index < -0.39 is 0 Å². The topological polar surface area (TPSA) is 20.2 Å². The zero-order valence-electron chi connectivity index (χ0n) is 11.5. The summed E-state index contributed by atoms with van der Waals surface area (Å²) in [6.45, 7) is 10.5. The van der Waals surface area contributed by atoms with Crippen LogP contribution in [0.1, 0.15) is 72.1 Å². The van der Waals surface area contributed by atoms with Gasteiger partial charge in [-0.3, -0.25) is 0 Å². The molecular weight excluding hydrogens is 196 g/mol. The van der Waals surface area contributed by atoms with E-state index >= 15 is 0 Å². The Morgan fingerprint density at radius 1 is 1.00 bits per heavy atom. The van der Waals surface area contributed by atoms with Gasteiger partial charge < -0.3 is 5.11 Å². The predicted molar refractivity (Wildman–Crippen MR) is 72.6 cm³/mol. The monoisotopic (exact) mass is 226 g/mol. The maximum atomic E-state index is 9.27. The first-order valence-corrected chi connectivity index (χ1v) is 6.76. The summed E-state index contributed by atoms with van der Waals surface area (Å²) < 4.78 is 0. The van der Waals surface area contributed by atoms with E-state index in [1.165, 1.54) is 38.5 Å². The summed E-state index contributed by atoms with van der Waals surface area (Å²) in [7, 11) is 0. The van der Waals surface area contributed by atoms with Crippen LogP contribution in [0.15, 0.2) is 12.7 Å². The Morgan fingerprint density at radius 3 is 2.00 bits per heavy atom. The van der Waals surface area contributed by atoms with Crippen LogP contribution in [0.4, 0.5) is 0 Å². The van der Waals surface area contributed by atoms with Gasteiger partial charge in [0.25, 0.3) is 0 Å². The van der Waals surface area contributed by atoms with E-state index in [-0.39, 0.29) is 6.10 Å². The molecule has 0 radical (unpaired) electrons. The van der Waals surface area contributed by atoms with E-state index in [0.29, 0.717) is 5.41 Å². The summed E-state index contributed by atoms with van der Waals surface area (Å²) >= 11 is 0. The minimum Gasteiger partial charge on any atom is -0.389 e. The molecule has 0 rings (SSSR count). The summed E-state index contributed by atoms with van der Waals surface area (Å²) in [4.78, 5) is 0. The maximum absolute atomic E-state index is 9.27. The molecule has 0 aromatic carbocycles. The van der Waals surface area contributed by atoms with Gasteiger partial charge in [-0.25, -0.2) is 0 Å². The van der Waals surface area contributed by atoms with Crippen LogP contribution < -0.4 is 0 Å². The first kappa shape index (κ1) is 15.7. The van der Waals surface area contributed by atoms with Gasteiger partial charge in [-0.2, -0.15) is 0 Å². The molecule has 96 valence electrons. The van der Waals surface area contributed by atoms with Gasteiger partial charge in [-0.05, 0) is 18.3 Å². The number of unbranched alkanes of at least 4 members (excludes halogenated alkanes) is 5. The van der Waals surface area contributed by atoms with E-state index in [0.717, 1.165) is 12.8 Å². The molecule has 1 atom stereocenters. The third-order valence-electron chi connectivity index (χ3n) is 2.95. The molecule has 1 unspecified atom stereocenters. The van der Waals surface area contributed by atoms with Gasteiger partial charge >= 0.3 is 0 Å². The lowest BCUT2D eigenvalue weighted by molar-refractivity contribution is 0.208. The fraction of sp³-hybridized carbons (Fsp3) is 0.867. The molecule has 1 heteroatoms. The van der Waals surface area contributed by atoms with Crippen LogP contribution in [0.5, 0.6) is 0 Å². The molecule has 0 fully saturated rings. The Hall–Kier alpha value is -0.300. The van der Waals surface area contributed by atoms with Crippen molar-refractivity contribution in [1.82, 2.24) is 0 Å². The van der Waals surface area contributed by atoms with E-state index in [9.17, 15) is 5.11 Å². The van der Waals surface area contributed by atoms with Gasteiger partial charge in [0.2, 0.25) is 0 Å². The summed E-state index contributed by atoms with van der Waals surface area (Å²) in [5, 5.41) is 9.27. The SMILES string of the molecule is C=CC(O)CCCCCCCCC(C)(C)C. The zero-order valence-corrected chi connectivity index (χ0v) is 11.5. The lowest BCUT2D eigenvalue weighted by atomic mass is 9.89. The number of hydrogen-bond acceptors (Lipinski definition) is 1. The van der Waals surface area contributed by atoms with Crippen LogP contribution in [0.25, 0.3) is 0 Å². The first-order chi connectivity index (χ1) is 7.45. The second-order valence-electron chi connectivity index (χ2n) is 6.02. The van der Waals surface area contributed by atoms with Gasteiger partial charge in [0.1, 0.15) is 0 Å². The normalized spacial score (nSPS) is 13.8. The summed E-state index contributed by atoms with van der Waals surface area (Å²) in [5.41, 5.74) is 0.494. The average molecular weight is 226 g/mol. The molecule has 0 bridgehead atoms. The van der Waals surface area contributed by atoms with Crippen molar-refractivity contribution in [3.05, 3.63) is 12.7 Å². The predicted octanol–water partition coefficient (Wildman–Crippen LogP) is 4.70. The van der Waals surface area contributed by atoms with Gasteiger partial charge in [0.15, 0.2) is 0 Å². The van der Waals surface area contributed by atoms with Crippen molar-refractivity contribution in [1.29, 1.82) is 0 Å². The lowest BCUT2D eigenvalue weighted by Gasteiger charge is -2.17. The second-order valence-corrected chi connectivity index (χ2v) is 6.02. The molecule has 1 N–H and O–H groups in total. The maximum Gasteiger partial charge on any atom is 0.0718 e. The van der Waals surface area contributed by atoms with Crippen LogP contribution >= 0.6 is 0 Å². The van der Waals surface area contributed by atoms with Crippen LogP contribution in [0, 0.1) is 5.41 Å². The molecule has 0 spiro atoms. The second kappa shape index (κ2) is 8.81. The average Bonchev–Trinajstić information content (AvgIpc) is 2.20. The van der Waals surface area contributed by atoms with Crippen molar-refractivity contribution in [2.24, 2.45) is 5.41 Å². The van der Waals surface area contributed by atoms with E-state index in [1.807, 2.05) is 0 Å². The molecule has 0 aliphatic carbocycles. The molecule has 0 saturated carbocycles. The number of aliphatic hydroxyl groups is 1. The molecule has 0 aromatic rings. The standard InChI is InChI=1S/C15H30O/c1-5-14(16)12-10-8-6-7-9-11-13-15(2,3)4/h5,14,16H,1,6-13H2,2-4H3. The molecule has 0 aliphatic heterocycles. The smallest absolute Gasteiger partial charge is 0.0718 e. The third-order valence-corrected chi connectivity index (χ3v) is 2.95.